The smallest absolute Gasteiger partial charge is 0.236 e. The lowest BCUT2D eigenvalue weighted by molar-refractivity contribution is -0.132. The van der Waals surface area contributed by atoms with E-state index in [0.717, 1.165) is 32.7 Å². The summed E-state index contributed by atoms with van der Waals surface area (Å²) in [7, 11) is 1.99. The lowest BCUT2D eigenvalue weighted by Crippen LogP contribution is -2.49. The van der Waals surface area contributed by atoms with Crippen LogP contribution in [0.2, 0.25) is 0 Å². The number of halogens is 1. The van der Waals surface area contributed by atoms with Crippen LogP contribution in [0, 0.1) is 0 Å². The van der Waals surface area contributed by atoms with E-state index in [4.69, 9.17) is 0 Å². The molecule has 1 aromatic carbocycles. The van der Waals surface area contributed by atoms with Crippen LogP contribution in [-0.2, 0) is 11.3 Å². The number of rotatable bonds is 4. The Hall–Kier alpha value is -1.10. The van der Waals surface area contributed by atoms with Gasteiger partial charge in [-0.1, -0.05) is 30.3 Å². The van der Waals surface area contributed by atoms with Crippen LogP contribution in [0.15, 0.2) is 30.3 Å². The summed E-state index contributed by atoms with van der Waals surface area (Å²) < 4.78 is 0. The van der Waals surface area contributed by atoms with Crippen LogP contribution in [0.4, 0.5) is 0 Å². The highest BCUT2D eigenvalue weighted by Gasteiger charge is 2.17. The molecule has 19 heavy (non-hydrogen) atoms. The van der Waals surface area contributed by atoms with E-state index >= 15 is 0 Å². The van der Waals surface area contributed by atoms with E-state index in [2.05, 4.69) is 22.3 Å². The van der Waals surface area contributed by atoms with Crippen molar-refractivity contribution < 1.29 is 4.79 Å². The van der Waals surface area contributed by atoms with Crippen molar-refractivity contribution in [2.75, 3.05) is 39.8 Å². The van der Waals surface area contributed by atoms with E-state index in [9.17, 15) is 4.79 Å². The fourth-order valence-corrected chi connectivity index (χ4v) is 2.20. The van der Waals surface area contributed by atoms with Crippen LogP contribution in [-0.4, -0.2) is 55.5 Å². The van der Waals surface area contributed by atoms with Gasteiger partial charge in [0.25, 0.3) is 0 Å². The normalized spacial score (nSPS) is 15.2. The molecule has 1 aliphatic rings. The van der Waals surface area contributed by atoms with E-state index in [-0.39, 0.29) is 18.3 Å². The van der Waals surface area contributed by atoms with Gasteiger partial charge >= 0.3 is 0 Å². The maximum Gasteiger partial charge on any atom is 0.236 e. The third-order valence-corrected chi connectivity index (χ3v) is 3.17. The zero-order valence-electron chi connectivity index (χ0n) is 11.3. The number of hydrogen-bond donors (Lipinski definition) is 1. The van der Waals surface area contributed by atoms with Gasteiger partial charge in [-0.05, 0) is 12.6 Å². The maximum atomic E-state index is 12.1. The van der Waals surface area contributed by atoms with E-state index < -0.39 is 0 Å². The minimum atomic E-state index is 0. The van der Waals surface area contributed by atoms with Crippen molar-refractivity contribution in [3.63, 3.8) is 0 Å². The molecule has 4 nitrogen and oxygen atoms in total. The van der Waals surface area contributed by atoms with Gasteiger partial charge in [0.15, 0.2) is 0 Å². The molecule has 5 heteroatoms. The number of carbonyl (C=O) groups excluding carboxylic acids is 1. The summed E-state index contributed by atoms with van der Waals surface area (Å²) in [6.45, 7) is 4.80. The van der Waals surface area contributed by atoms with Crippen molar-refractivity contribution in [1.82, 2.24) is 15.1 Å². The molecule has 0 unspecified atom stereocenters. The maximum absolute atomic E-state index is 12.1. The summed E-state index contributed by atoms with van der Waals surface area (Å²) in [5.74, 6) is 0.231. The third kappa shape index (κ3) is 5.19. The number of piperazine rings is 1. The Kier molecular flexibility index (Phi) is 6.84. The summed E-state index contributed by atoms with van der Waals surface area (Å²) in [5.41, 5.74) is 1.24. The summed E-state index contributed by atoms with van der Waals surface area (Å²) in [4.78, 5) is 16.1. The standard InChI is InChI=1S/C14H21N3O.ClH/c1-16(11-13-5-3-2-4-6-13)12-14(18)17-9-7-15-8-10-17;/h2-6,15H,7-12H2,1H3;1H. The highest BCUT2D eigenvalue weighted by atomic mass is 35.5. The number of nitrogens with zero attached hydrogens (tertiary/aromatic N) is 2. The SMILES string of the molecule is CN(CC(=O)N1CCNCC1)Cc1ccccc1.Cl. The molecule has 1 saturated heterocycles. The highest BCUT2D eigenvalue weighted by Crippen LogP contribution is 2.03. The Balaban J connectivity index is 0.00000180. The topological polar surface area (TPSA) is 35.6 Å². The van der Waals surface area contributed by atoms with Crippen LogP contribution in [0.3, 0.4) is 0 Å². The van der Waals surface area contributed by atoms with Crippen molar-refractivity contribution >= 4 is 18.3 Å². The van der Waals surface area contributed by atoms with E-state index in [1.54, 1.807) is 0 Å². The molecule has 1 N–H and O–H groups in total. The lowest BCUT2D eigenvalue weighted by atomic mass is 10.2. The number of amides is 1. The molecule has 1 aliphatic heterocycles. The van der Waals surface area contributed by atoms with E-state index in [0.29, 0.717) is 6.54 Å². The zero-order valence-corrected chi connectivity index (χ0v) is 12.2. The van der Waals surface area contributed by atoms with Gasteiger partial charge in [0.1, 0.15) is 0 Å². The van der Waals surface area contributed by atoms with E-state index in [1.165, 1.54) is 5.56 Å². The molecule has 0 aromatic heterocycles. The minimum Gasteiger partial charge on any atom is -0.339 e. The summed E-state index contributed by atoms with van der Waals surface area (Å²) in [6, 6.07) is 10.2. The van der Waals surface area contributed by atoms with E-state index in [1.807, 2.05) is 30.1 Å². The Morgan fingerprint density at radius 2 is 1.89 bits per heavy atom. The molecule has 1 fully saturated rings. The molecule has 0 radical (unpaired) electrons. The number of hydrogen-bond acceptors (Lipinski definition) is 3. The molecule has 0 bridgehead atoms. The first-order valence-corrected chi connectivity index (χ1v) is 6.46. The Morgan fingerprint density at radius 1 is 1.26 bits per heavy atom. The van der Waals surface area contributed by atoms with Crippen molar-refractivity contribution in [3.05, 3.63) is 35.9 Å². The van der Waals surface area contributed by atoms with Crippen LogP contribution < -0.4 is 5.32 Å². The molecule has 1 aromatic rings. The second-order valence-electron chi connectivity index (χ2n) is 4.79. The molecule has 0 spiro atoms. The van der Waals surface area contributed by atoms with Crippen molar-refractivity contribution in [2.45, 2.75) is 6.54 Å². The van der Waals surface area contributed by atoms with Gasteiger partial charge in [-0.25, -0.2) is 0 Å². The quantitative estimate of drug-likeness (QED) is 0.895. The zero-order chi connectivity index (χ0) is 12.8. The fourth-order valence-electron chi connectivity index (χ4n) is 2.20. The third-order valence-electron chi connectivity index (χ3n) is 3.17. The van der Waals surface area contributed by atoms with Gasteiger partial charge in [0, 0.05) is 32.7 Å². The molecular formula is C14H22ClN3O. The fraction of sp³-hybridized carbons (Fsp3) is 0.500. The van der Waals surface area contributed by atoms with Crippen LogP contribution in [0.1, 0.15) is 5.56 Å². The average Bonchev–Trinajstić information content (AvgIpc) is 2.40. The first-order chi connectivity index (χ1) is 8.75. The number of carbonyl (C=O) groups is 1. The monoisotopic (exact) mass is 283 g/mol. The Labute approximate surface area is 121 Å². The van der Waals surface area contributed by atoms with Gasteiger partial charge in [-0.15, -0.1) is 12.4 Å². The molecule has 0 saturated carbocycles. The molecule has 1 heterocycles. The van der Waals surface area contributed by atoms with Gasteiger partial charge in [0.2, 0.25) is 5.91 Å². The predicted molar refractivity (Wildman–Crippen MR) is 79.5 cm³/mol. The number of nitrogens with one attached hydrogen (secondary N) is 1. The number of benzene rings is 1. The molecular weight excluding hydrogens is 262 g/mol. The first kappa shape index (κ1) is 16.0. The second kappa shape index (κ2) is 8.15. The van der Waals surface area contributed by atoms with Gasteiger partial charge in [-0.3, -0.25) is 9.69 Å². The van der Waals surface area contributed by atoms with Crippen molar-refractivity contribution in [3.8, 4) is 0 Å². The van der Waals surface area contributed by atoms with Crippen LogP contribution in [0.25, 0.3) is 0 Å². The average molecular weight is 284 g/mol. The summed E-state index contributed by atoms with van der Waals surface area (Å²) >= 11 is 0. The molecule has 0 atom stereocenters. The number of likely N-dealkylation sites (N-methyl/N-ethyl adjacent to an activating group) is 1. The van der Waals surface area contributed by atoms with Crippen molar-refractivity contribution in [1.29, 1.82) is 0 Å². The summed E-state index contributed by atoms with van der Waals surface area (Å²) in [5, 5.41) is 3.26. The minimum absolute atomic E-state index is 0. The predicted octanol–water partition coefficient (Wildman–Crippen LogP) is 0.972. The van der Waals surface area contributed by atoms with Crippen LogP contribution >= 0.6 is 12.4 Å². The van der Waals surface area contributed by atoms with Crippen LogP contribution in [0.5, 0.6) is 0 Å². The molecule has 1 amide bonds. The van der Waals surface area contributed by atoms with Gasteiger partial charge in [0.05, 0.1) is 6.54 Å². The Morgan fingerprint density at radius 3 is 2.53 bits per heavy atom. The molecule has 106 valence electrons. The highest BCUT2D eigenvalue weighted by molar-refractivity contribution is 5.85. The second-order valence-corrected chi connectivity index (χ2v) is 4.79. The first-order valence-electron chi connectivity index (χ1n) is 6.46. The Bertz CT molecular complexity index is 380. The molecule has 0 aliphatic carbocycles. The molecule has 2 rings (SSSR count). The lowest BCUT2D eigenvalue weighted by Gasteiger charge is -2.29. The van der Waals surface area contributed by atoms with Gasteiger partial charge in [-0.2, -0.15) is 0 Å². The van der Waals surface area contributed by atoms with Crippen molar-refractivity contribution in [2.24, 2.45) is 0 Å². The largest absolute Gasteiger partial charge is 0.339 e. The van der Waals surface area contributed by atoms with Gasteiger partial charge < -0.3 is 10.2 Å². The summed E-state index contributed by atoms with van der Waals surface area (Å²) in [6.07, 6.45) is 0.